The standard InChI is InChI=1S/C24H34N4O3/c1-15(2)28-22-7-5-4-6-16(22)10-21(24(28)31)23(30)26-17-11-18-8-9-19(12-17)27(18)14-20(29)13-25-3/h4-7,10,15,17-20,25,29H,8-9,11-14H2,1-3H3,(H,26,30)/t17-,18-,19+,20-/m0/s1. The molecule has 4 rings (SSSR count). The van der Waals surface area contributed by atoms with Crippen LogP contribution in [-0.4, -0.2) is 64.8 Å². The summed E-state index contributed by atoms with van der Waals surface area (Å²) in [5, 5.41) is 17.3. The molecule has 0 saturated carbocycles. The Balaban J connectivity index is 1.51. The van der Waals surface area contributed by atoms with Gasteiger partial charge < -0.3 is 20.3 Å². The van der Waals surface area contributed by atoms with E-state index in [-0.39, 0.29) is 35.2 Å². The summed E-state index contributed by atoms with van der Waals surface area (Å²) >= 11 is 0. The van der Waals surface area contributed by atoms with Crippen molar-refractivity contribution in [3.05, 3.63) is 46.2 Å². The van der Waals surface area contributed by atoms with E-state index in [2.05, 4.69) is 15.5 Å². The van der Waals surface area contributed by atoms with E-state index < -0.39 is 0 Å². The van der Waals surface area contributed by atoms with E-state index >= 15 is 0 Å². The number of carbonyl (C=O) groups excluding carboxylic acids is 1. The van der Waals surface area contributed by atoms with Crippen LogP contribution in [0.4, 0.5) is 0 Å². The number of rotatable bonds is 7. The van der Waals surface area contributed by atoms with Crippen LogP contribution in [0.2, 0.25) is 0 Å². The van der Waals surface area contributed by atoms with Gasteiger partial charge in [0.1, 0.15) is 5.56 Å². The van der Waals surface area contributed by atoms with E-state index in [1.165, 1.54) is 0 Å². The molecule has 3 N–H and O–H groups in total. The molecule has 7 nitrogen and oxygen atoms in total. The number of amides is 1. The van der Waals surface area contributed by atoms with Crippen LogP contribution in [-0.2, 0) is 0 Å². The Morgan fingerprint density at radius 1 is 1.19 bits per heavy atom. The van der Waals surface area contributed by atoms with E-state index in [0.717, 1.165) is 36.6 Å². The van der Waals surface area contributed by atoms with E-state index in [0.29, 0.717) is 25.2 Å². The zero-order valence-corrected chi connectivity index (χ0v) is 18.7. The van der Waals surface area contributed by atoms with Gasteiger partial charge in [-0.2, -0.15) is 0 Å². The lowest BCUT2D eigenvalue weighted by atomic mass is 9.96. The Morgan fingerprint density at radius 3 is 2.52 bits per heavy atom. The molecule has 31 heavy (non-hydrogen) atoms. The summed E-state index contributed by atoms with van der Waals surface area (Å²) in [6, 6.07) is 10.2. The van der Waals surface area contributed by atoms with Crippen LogP contribution in [0.15, 0.2) is 35.1 Å². The van der Waals surface area contributed by atoms with Gasteiger partial charge in [-0.25, -0.2) is 0 Å². The zero-order chi connectivity index (χ0) is 22.1. The molecule has 2 aromatic rings. The molecule has 2 aliphatic heterocycles. The number of hydrogen-bond donors (Lipinski definition) is 3. The van der Waals surface area contributed by atoms with Gasteiger partial charge in [0.15, 0.2) is 0 Å². The predicted molar refractivity (Wildman–Crippen MR) is 123 cm³/mol. The first-order chi connectivity index (χ1) is 14.9. The van der Waals surface area contributed by atoms with Crippen molar-refractivity contribution in [1.82, 2.24) is 20.1 Å². The second-order valence-electron chi connectivity index (χ2n) is 9.32. The van der Waals surface area contributed by atoms with Crippen LogP contribution < -0.4 is 16.2 Å². The van der Waals surface area contributed by atoms with Gasteiger partial charge in [-0.05, 0) is 64.1 Å². The maximum Gasteiger partial charge on any atom is 0.264 e. The fourth-order valence-corrected chi connectivity index (χ4v) is 5.46. The number of para-hydroxylation sites is 1. The van der Waals surface area contributed by atoms with Crippen LogP contribution in [0.5, 0.6) is 0 Å². The van der Waals surface area contributed by atoms with Gasteiger partial charge in [-0.1, -0.05) is 18.2 Å². The number of piperidine rings is 1. The van der Waals surface area contributed by atoms with E-state index in [1.54, 1.807) is 10.6 Å². The van der Waals surface area contributed by atoms with Gasteiger partial charge in [0.25, 0.3) is 11.5 Å². The smallest absolute Gasteiger partial charge is 0.264 e. The molecular weight excluding hydrogens is 392 g/mol. The maximum atomic E-state index is 13.1. The van der Waals surface area contributed by atoms with Crippen molar-refractivity contribution in [3.8, 4) is 0 Å². The van der Waals surface area contributed by atoms with Crippen LogP contribution in [0.1, 0.15) is 55.9 Å². The van der Waals surface area contributed by atoms with Crippen LogP contribution in [0, 0.1) is 0 Å². The second kappa shape index (κ2) is 9.10. The molecule has 0 unspecified atom stereocenters. The molecule has 1 amide bonds. The molecule has 3 heterocycles. The van der Waals surface area contributed by atoms with Crippen molar-refractivity contribution in [2.75, 3.05) is 20.1 Å². The minimum atomic E-state index is -0.383. The summed E-state index contributed by atoms with van der Waals surface area (Å²) in [5.41, 5.74) is 0.832. The van der Waals surface area contributed by atoms with Crippen molar-refractivity contribution in [2.24, 2.45) is 0 Å². The lowest BCUT2D eigenvalue weighted by Gasteiger charge is -2.40. The van der Waals surface area contributed by atoms with Crippen LogP contribution in [0.25, 0.3) is 10.9 Å². The van der Waals surface area contributed by atoms with Crippen molar-refractivity contribution < 1.29 is 9.90 Å². The Kier molecular flexibility index (Phi) is 6.46. The first kappa shape index (κ1) is 22.0. The molecule has 1 aromatic heterocycles. The first-order valence-electron chi connectivity index (χ1n) is 11.4. The summed E-state index contributed by atoms with van der Waals surface area (Å²) in [5.74, 6) is -0.279. The Morgan fingerprint density at radius 2 is 1.87 bits per heavy atom. The quantitative estimate of drug-likeness (QED) is 0.630. The minimum Gasteiger partial charge on any atom is -0.390 e. The van der Waals surface area contributed by atoms with Gasteiger partial charge >= 0.3 is 0 Å². The lowest BCUT2D eigenvalue weighted by molar-refractivity contribution is 0.0511. The number of nitrogens with one attached hydrogen (secondary N) is 2. The summed E-state index contributed by atoms with van der Waals surface area (Å²) < 4.78 is 1.71. The molecule has 1 aromatic carbocycles. The number of aliphatic hydroxyl groups excluding tert-OH is 1. The molecule has 2 bridgehead atoms. The summed E-state index contributed by atoms with van der Waals surface area (Å²) in [4.78, 5) is 28.7. The number of likely N-dealkylation sites (N-methyl/N-ethyl adjacent to an activating group) is 1. The average Bonchev–Trinajstić information content (AvgIpc) is 2.95. The topological polar surface area (TPSA) is 86.6 Å². The van der Waals surface area contributed by atoms with Crippen LogP contribution in [0.3, 0.4) is 0 Å². The van der Waals surface area contributed by atoms with Crippen molar-refractivity contribution >= 4 is 16.8 Å². The van der Waals surface area contributed by atoms with Gasteiger partial charge in [-0.3, -0.25) is 14.5 Å². The third kappa shape index (κ3) is 4.40. The molecule has 0 aliphatic carbocycles. The zero-order valence-electron chi connectivity index (χ0n) is 18.7. The fraction of sp³-hybridized carbons (Fsp3) is 0.583. The number of carbonyl (C=O) groups is 1. The number of pyridine rings is 1. The number of fused-ring (bicyclic) bond motifs is 3. The van der Waals surface area contributed by atoms with Gasteiger partial charge in [0.2, 0.25) is 0 Å². The Bertz CT molecular complexity index is 988. The Hall–Kier alpha value is -2.22. The van der Waals surface area contributed by atoms with Crippen LogP contribution >= 0.6 is 0 Å². The molecule has 2 fully saturated rings. The van der Waals surface area contributed by atoms with Crippen molar-refractivity contribution in [1.29, 1.82) is 0 Å². The fourth-order valence-electron chi connectivity index (χ4n) is 5.46. The number of benzene rings is 1. The van der Waals surface area contributed by atoms with Crippen molar-refractivity contribution in [3.63, 3.8) is 0 Å². The van der Waals surface area contributed by atoms with Gasteiger partial charge in [-0.15, -0.1) is 0 Å². The molecule has 2 saturated heterocycles. The second-order valence-corrected chi connectivity index (χ2v) is 9.32. The summed E-state index contributed by atoms with van der Waals surface area (Å²) in [6.07, 6.45) is 3.53. The molecular formula is C24H34N4O3. The van der Waals surface area contributed by atoms with Gasteiger partial charge in [0, 0.05) is 37.3 Å². The molecule has 2 aliphatic rings. The lowest BCUT2D eigenvalue weighted by Crippen LogP contribution is -2.53. The average molecular weight is 427 g/mol. The highest BCUT2D eigenvalue weighted by Crippen LogP contribution is 2.35. The number of hydrogen-bond acceptors (Lipinski definition) is 5. The number of aliphatic hydroxyl groups is 1. The largest absolute Gasteiger partial charge is 0.390 e. The summed E-state index contributed by atoms with van der Waals surface area (Å²) in [6.45, 7) is 5.18. The molecule has 168 valence electrons. The highest BCUT2D eigenvalue weighted by molar-refractivity contribution is 5.97. The van der Waals surface area contributed by atoms with E-state index in [9.17, 15) is 14.7 Å². The van der Waals surface area contributed by atoms with E-state index in [4.69, 9.17) is 0 Å². The minimum absolute atomic E-state index is 0.0340. The number of aromatic nitrogens is 1. The molecule has 0 radical (unpaired) electrons. The normalized spacial score (nSPS) is 24.6. The molecule has 7 heteroatoms. The first-order valence-corrected chi connectivity index (χ1v) is 11.4. The molecule has 0 spiro atoms. The third-order valence-corrected chi connectivity index (χ3v) is 6.79. The number of nitrogens with zero attached hydrogens (tertiary/aromatic N) is 2. The highest BCUT2D eigenvalue weighted by Gasteiger charge is 2.41. The predicted octanol–water partition coefficient (Wildman–Crippen LogP) is 1.89. The maximum absolute atomic E-state index is 13.1. The summed E-state index contributed by atoms with van der Waals surface area (Å²) in [7, 11) is 1.85. The highest BCUT2D eigenvalue weighted by atomic mass is 16.3. The van der Waals surface area contributed by atoms with E-state index in [1.807, 2.05) is 45.2 Å². The molecule has 4 atom stereocenters. The SMILES string of the molecule is CNC[C@H](O)CN1[C@@H]2CC[C@H]1C[C@H](NC(=O)c1cc3ccccc3n(C(C)C)c1=O)C2. The Labute approximate surface area is 183 Å². The van der Waals surface area contributed by atoms with Crippen molar-refractivity contribution in [2.45, 2.75) is 69.8 Å². The third-order valence-electron chi connectivity index (χ3n) is 6.79. The monoisotopic (exact) mass is 426 g/mol. The van der Waals surface area contributed by atoms with Gasteiger partial charge in [0.05, 0.1) is 11.6 Å².